The lowest BCUT2D eigenvalue weighted by Gasteiger charge is -2.31. The van der Waals surface area contributed by atoms with E-state index in [0.717, 1.165) is 17.7 Å². The lowest BCUT2D eigenvalue weighted by atomic mass is 9.96. The van der Waals surface area contributed by atoms with Gasteiger partial charge in [0.15, 0.2) is 0 Å². The maximum Gasteiger partial charge on any atom is 0.243 e. The number of carbonyl (C=O) groups is 2. The largest absolute Gasteiger partial charge is 0.354 e. The Morgan fingerprint density at radius 2 is 1.83 bits per heavy atom. The number of nitrogens with one attached hydrogen (secondary N) is 2. The van der Waals surface area contributed by atoms with E-state index in [-0.39, 0.29) is 22.6 Å². The molecular weight excluding hydrogens is 422 g/mol. The molecule has 1 aliphatic heterocycles. The van der Waals surface area contributed by atoms with Crippen molar-refractivity contribution in [2.24, 2.45) is 5.92 Å². The number of benzene rings is 1. The fourth-order valence-corrected chi connectivity index (χ4v) is 5.32. The van der Waals surface area contributed by atoms with Crippen LogP contribution in [0.4, 0.5) is 0 Å². The van der Waals surface area contributed by atoms with Gasteiger partial charge in [0.25, 0.3) is 0 Å². The normalized spacial score (nSPS) is 16.8. The molecule has 1 saturated heterocycles. The van der Waals surface area contributed by atoms with Gasteiger partial charge in [0.2, 0.25) is 21.8 Å². The smallest absolute Gasteiger partial charge is 0.243 e. The number of amides is 2. The van der Waals surface area contributed by atoms with Gasteiger partial charge in [-0.05, 0) is 56.7 Å². The number of piperidine rings is 1. The third kappa shape index (κ3) is 6.72. The molecule has 0 aromatic heterocycles. The van der Waals surface area contributed by atoms with Crippen LogP contribution in [0, 0.1) is 12.8 Å². The summed E-state index contributed by atoms with van der Waals surface area (Å²) in [5.74, 6) is 0.168. The fraction of sp³-hybridized carbons (Fsp3) is 0.619. The lowest BCUT2D eigenvalue weighted by molar-refractivity contribution is -0.131. The van der Waals surface area contributed by atoms with Gasteiger partial charge < -0.3 is 10.6 Å². The molecule has 1 aromatic rings. The topological polar surface area (TPSA) is 95.6 Å². The highest BCUT2D eigenvalue weighted by Gasteiger charge is 2.33. The number of nitrogens with zero attached hydrogens (tertiary/aromatic N) is 1. The van der Waals surface area contributed by atoms with Crippen molar-refractivity contribution in [1.82, 2.24) is 14.9 Å². The predicted molar refractivity (Wildman–Crippen MR) is 121 cm³/mol. The zero-order valence-corrected chi connectivity index (χ0v) is 19.7. The zero-order chi connectivity index (χ0) is 22.1. The van der Waals surface area contributed by atoms with Crippen LogP contribution in [0.5, 0.6) is 0 Å². The Bertz CT molecular complexity index is 804. The summed E-state index contributed by atoms with van der Waals surface area (Å²) in [5, 5.41) is 5.74. The molecule has 1 unspecified atom stereocenters. The first kappa shape index (κ1) is 24.7. The minimum atomic E-state index is -3.55. The fourth-order valence-electron chi connectivity index (χ4n) is 3.38. The Morgan fingerprint density at radius 1 is 1.20 bits per heavy atom. The molecule has 0 radical (unpaired) electrons. The molecule has 0 bridgehead atoms. The second-order valence-electron chi connectivity index (χ2n) is 7.63. The van der Waals surface area contributed by atoms with Gasteiger partial charge in [-0.1, -0.05) is 24.6 Å². The Hall–Kier alpha value is -1.58. The monoisotopic (exact) mass is 455 g/mol. The molecule has 2 rings (SSSR count). The quantitative estimate of drug-likeness (QED) is 0.564. The number of aryl methyl sites for hydroxylation is 1. The minimum absolute atomic E-state index is 0.154. The highest BCUT2D eigenvalue weighted by Crippen LogP contribution is 2.24. The third-order valence-electron chi connectivity index (χ3n) is 5.28. The third-order valence-corrected chi connectivity index (χ3v) is 7.83. The number of sulfonamides is 1. The van der Waals surface area contributed by atoms with Crippen molar-refractivity contribution in [1.29, 1.82) is 0 Å². The van der Waals surface area contributed by atoms with Crippen molar-refractivity contribution >= 4 is 33.6 Å². The van der Waals surface area contributed by atoms with Crippen LogP contribution in [-0.2, 0) is 19.6 Å². The van der Waals surface area contributed by atoms with Gasteiger partial charge in [-0.2, -0.15) is 16.1 Å². The van der Waals surface area contributed by atoms with Gasteiger partial charge in [0.05, 0.1) is 4.90 Å². The van der Waals surface area contributed by atoms with E-state index in [2.05, 4.69) is 10.6 Å². The van der Waals surface area contributed by atoms with E-state index in [1.165, 1.54) is 4.31 Å². The molecule has 9 heteroatoms. The first-order valence-corrected chi connectivity index (χ1v) is 13.3. The molecular formula is C21H33N3O4S2. The first-order chi connectivity index (χ1) is 14.3. The van der Waals surface area contributed by atoms with Gasteiger partial charge in [-0.15, -0.1) is 0 Å². The van der Waals surface area contributed by atoms with Crippen molar-refractivity contribution in [3.05, 3.63) is 29.8 Å². The summed E-state index contributed by atoms with van der Waals surface area (Å²) in [6.45, 7) is 5.07. The number of hydrogen-bond acceptors (Lipinski definition) is 5. The number of thioether (sulfide) groups is 1. The SMILES string of the molecule is CCCNC(=O)C(CCSC)NC(=O)C1CCN(S(=O)(=O)c2ccc(C)cc2)CC1. The standard InChI is InChI=1S/C21H33N3O4S2/c1-4-12-22-21(26)19(11-15-29-3)23-20(25)17-9-13-24(14-10-17)30(27,28)18-7-5-16(2)6-8-18/h5-8,17,19H,4,9-15H2,1-3H3,(H,22,26)(H,23,25). The highest BCUT2D eigenvalue weighted by atomic mass is 32.2. The van der Waals surface area contributed by atoms with Crippen LogP contribution in [-0.4, -0.2) is 62.2 Å². The summed E-state index contributed by atoms with van der Waals surface area (Å²) in [6, 6.07) is 6.26. The lowest BCUT2D eigenvalue weighted by Crippen LogP contribution is -2.50. The van der Waals surface area contributed by atoms with E-state index in [0.29, 0.717) is 38.9 Å². The maximum absolute atomic E-state index is 12.8. The van der Waals surface area contributed by atoms with E-state index < -0.39 is 16.1 Å². The van der Waals surface area contributed by atoms with Crippen molar-refractivity contribution in [3.63, 3.8) is 0 Å². The van der Waals surface area contributed by atoms with Gasteiger partial charge in [0.1, 0.15) is 6.04 Å². The molecule has 0 saturated carbocycles. The average Bonchev–Trinajstić information content (AvgIpc) is 2.75. The molecule has 1 aromatic carbocycles. The van der Waals surface area contributed by atoms with Crippen LogP contribution in [0.25, 0.3) is 0 Å². The molecule has 1 heterocycles. The second-order valence-corrected chi connectivity index (χ2v) is 10.5. The van der Waals surface area contributed by atoms with Crippen LogP contribution in [0.1, 0.15) is 38.2 Å². The van der Waals surface area contributed by atoms with E-state index in [1.807, 2.05) is 20.1 Å². The van der Waals surface area contributed by atoms with Crippen LogP contribution in [0.3, 0.4) is 0 Å². The second kappa shape index (κ2) is 11.7. The summed E-state index contributed by atoms with van der Waals surface area (Å²) in [7, 11) is -3.55. The van der Waals surface area contributed by atoms with Crippen molar-refractivity contribution in [2.45, 2.75) is 50.5 Å². The van der Waals surface area contributed by atoms with Gasteiger partial charge in [-0.3, -0.25) is 9.59 Å². The number of carbonyl (C=O) groups excluding carboxylic acids is 2. The molecule has 1 atom stereocenters. The van der Waals surface area contributed by atoms with Crippen LogP contribution >= 0.6 is 11.8 Å². The van der Waals surface area contributed by atoms with E-state index in [4.69, 9.17) is 0 Å². The Morgan fingerprint density at radius 3 is 2.40 bits per heavy atom. The molecule has 2 N–H and O–H groups in total. The summed E-state index contributed by atoms with van der Waals surface area (Å²) in [5.41, 5.74) is 1.00. The Labute approximate surface area is 184 Å². The van der Waals surface area contributed by atoms with Crippen LogP contribution < -0.4 is 10.6 Å². The van der Waals surface area contributed by atoms with Crippen molar-refractivity contribution < 1.29 is 18.0 Å². The van der Waals surface area contributed by atoms with Gasteiger partial charge >= 0.3 is 0 Å². The molecule has 7 nitrogen and oxygen atoms in total. The molecule has 1 aliphatic rings. The summed E-state index contributed by atoms with van der Waals surface area (Å²) >= 11 is 1.63. The summed E-state index contributed by atoms with van der Waals surface area (Å²) in [4.78, 5) is 25.4. The van der Waals surface area contributed by atoms with Crippen molar-refractivity contribution in [3.8, 4) is 0 Å². The summed E-state index contributed by atoms with van der Waals surface area (Å²) < 4.78 is 27.1. The van der Waals surface area contributed by atoms with E-state index in [1.54, 1.807) is 36.0 Å². The van der Waals surface area contributed by atoms with E-state index >= 15 is 0 Å². The molecule has 168 valence electrons. The highest BCUT2D eigenvalue weighted by molar-refractivity contribution is 7.98. The van der Waals surface area contributed by atoms with Gasteiger partial charge in [0, 0.05) is 25.6 Å². The first-order valence-electron chi connectivity index (χ1n) is 10.4. The number of rotatable bonds is 10. The molecule has 0 spiro atoms. The molecule has 0 aliphatic carbocycles. The van der Waals surface area contributed by atoms with Gasteiger partial charge in [-0.25, -0.2) is 8.42 Å². The zero-order valence-electron chi connectivity index (χ0n) is 18.0. The summed E-state index contributed by atoms with van der Waals surface area (Å²) in [6.07, 6.45) is 4.27. The number of hydrogen-bond donors (Lipinski definition) is 2. The van der Waals surface area contributed by atoms with Crippen LogP contribution in [0.2, 0.25) is 0 Å². The Balaban J connectivity index is 1.94. The molecule has 2 amide bonds. The molecule has 1 fully saturated rings. The minimum Gasteiger partial charge on any atom is -0.354 e. The predicted octanol–water partition coefficient (Wildman–Crippen LogP) is 2.16. The average molecular weight is 456 g/mol. The van der Waals surface area contributed by atoms with E-state index in [9.17, 15) is 18.0 Å². The van der Waals surface area contributed by atoms with Crippen LogP contribution in [0.15, 0.2) is 29.2 Å². The Kier molecular flexibility index (Phi) is 9.64. The van der Waals surface area contributed by atoms with Crippen molar-refractivity contribution in [2.75, 3.05) is 31.6 Å². The molecule has 30 heavy (non-hydrogen) atoms. The maximum atomic E-state index is 12.8.